The van der Waals surface area contributed by atoms with E-state index in [1.807, 2.05) is 36.9 Å². The summed E-state index contributed by atoms with van der Waals surface area (Å²) in [5.41, 5.74) is 0.901. The van der Waals surface area contributed by atoms with Gasteiger partial charge in [-0.1, -0.05) is 23.7 Å². The fraction of sp³-hybridized carbons (Fsp3) is 0.375. The lowest BCUT2D eigenvalue weighted by Crippen LogP contribution is -2.44. The Morgan fingerprint density at radius 2 is 2.04 bits per heavy atom. The van der Waals surface area contributed by atoms with Crippen molar-refractivity contribution in [3.63, 3.8) is 0 Å². The number of imidazole rings is 1. The van der Waals surface area contributed by atoms with Gasteiger partial charge in [-0.15, -0.1) is 0 Å². The fourth-order valence-electron chi connectivity index (χ4n) is 2.30. The van der Waals surface area contributed by atoms with E-state index >= 15 is 0 Å². The van der Waals surface area contributed by atoms with Gasteiger partial charge in [-0.3, -0.25) is 0 Å². The third-order valence-electron chi connectivity index (χ3n) is 3.39. The van der Waals surface area contributed by atoms with E-state index in [-0.39, 0.29) is 18.1 Å². The number of aromatic nitrogens is 2. The Labute approximate surface area is 140 Å². The highest BCUT2D eigenvalue weighted by molar-refractivity contribution is 6.30. The maximum absolute atomic E-state index is 12.2. The maximum atomic E-state index is 12.2. The molecule has 0 unspecified atom stereocenters. The molecule has 7 heteroatoms. The van der Waals surface area contributed by atoms with Crippen molar-refractivity contribution < 1.29 is 9.53 Å². The van der Waals surface area contributed by atoms with Crippen molar-refractivity contribution >= 4 is 17.6 Å². The Kier molecular flexibility index (Phi) is 6.01. The molecular formula is C16H21ClN4O2. The molecule has 6 nitrogen and oxygen atoms in total. The number of methoxy groups -OCH3 is 1. The van der Waals surface area contributed by atoms with Crippen LogP contribution in [-0.2, 0) is 11.8 Å². The molecule has 0 bridgehead atoms. The van der Waals surface area contributed by atoms with Crippen LogP contribution in [0, 0.1) is 0 Å². The number of benzene rings is 1. The van der Waals surface area contributed by atoms with Gasteiger partial charge in [0.15, 0.2) is 0 Å². The number of amides is 2. The number of carbonyl (C=O) groups excluding carboxylic acids is 1. The molecular weight excluding hydrogens is 316 g/mol. The predicted molar refractivity (Wildman–Crippen MR) is 89.5 cm³/mol. The van der Waals surface area contributed by atoms with Gasteiger partial charge in [0.05, 0.1) is 12.6 Å². The molecule has 2 aromatic rings. The van der Waals surface area contributed by atoms with Crippen molar-refractivity contribution in [2.24, 2.45) is 7.05 Å². The van der Waals surface area contributed by atoms with E-state index in [4.69, 9.17) is 16.3 Å². The smallest absolute Gasteiger partial charge is 0.315 e. The molecule has 2 atom stereocenters. The zero-order valence-corrected chi connectivity index (χ0v) is 14.2. The molecule has 1 aromatic carbocycles. The van der Waals surface area contributed by atoms with Gasteiger partial charge in [0.1, 0.15) is 11.9 Å². The average molecular weight is 337 g/mol. The first-order valence-electron chi connectivity index (χ1n) is 7.30. The first-order chi connectivity index (χ1) is 11.0. The van der Waals surface area contributed by atoms with Crippen LogP contribution >= 0.6 is 11.6 Å². The predicted octanol–water partition coefficient (Wildman–Crippen LogP) is 2.50. The molecule has 0 aliphatic rings. The van der Waals surface area contributed by atoms with E-state index in [1.54, 1.807) is 25.4 Å². The van der Waals surface area contributed by atoms with Crippen molar-refractivity contribution in [2.75, 3.05) is 13.7 Å². The van der Waals surface area contributed by atoms with Crippen LogP contribution in [0.4, 0.5) is 4.79 Å². The topological polar surface area (TPSA) is 68.2 Å². The molecule has 1 heterocycles. The van der Waals surface area contributed by atoms with Crippen LogP contribution in [0.2, 0.25) is 5.02 Å². The normalized spacial score (nSPS) is 13.4. The molecule has 0 spiro atoms. The lowest BCUT2D eigenvalue weighted by molar-refractivity contribution is 0.170. The number of halogens is 1. The molecule has 0 saturated carbocycles. The number of nitrogens with zero attached hydrogens (tertiary/aromatic N) is 2. The summed E-state index contributed by atoms with van der Waals surface area (Å²) >= 11 is 5.95. The number of rotatable bonds is 6. The molecule has 2 rings (SSSR count). The highest BCUT2D eigenvalue weighted by Crippen LogP contribution is 2.22. The Morgan fingerprint density at radius 1 is 1.35 bits per heavy atom. The molecule has 2 amide bonds. The third kappa shape index (κ3) is 4.71. The van der Waals surface area contributed by atoms with E-state index in [0.29, 0.717) is 11.6 Å². The van der Waals surface area contributed by atoms with Gasteiger partial charge < -0.3 is 19.9 Å². The first kappa shape index (κ1) is 17.3. The quantitative estimate of drug-likeness (QED) is 0.851. The molecule has 0 aliphatic carbocycles. The van der Waals surface area contributed by atoms with Gasteiger partial charge in [-0.05, 0) is 24.6 Å². The lowest BCUT2D eigenvalue weighted by atomic mass is 10.1. The lowest BCUT2D eigenvalue weighted by Gasteiger charge is -2.21. The zero-order valence-electron chi connectivity index (χ0n) is 13.4. The minimum Gasteiger partial charge on any atom is -0.383 e. The largest absolute Gasteiger partial charge is 0.383 e. The van der Waals surface area contributed by atoms with Gasteiger partial charge in [0.2, 0.25) is 0 Å². The molecule has 124 valence electrons. The molecule has 23 heavy (non-hydrogen) atoms. The van der Waals surface area contributed by atoms with Crippen LogP contribution in [-0.4, -0.2) is 35.3 Å². The summed E-state index contributed by atoms with van der Waals surface area (Å²) in [5, 5.41) is 6.43. The summed E-state index contributed by atoms with van der Waals surface area (Å²) in [4.78, 5) is 16.6. The number of nitrogens with one attached hydrogen (secondary N) is 2. The monoisotopic (exact) mass is 336 g/mol. The molecule has 0 fully saturated rings. The Bertz CT molecular complexity index is 642. The SMILES string of the molecule is COC[C@@H](C)NC(=O)N[C@H](c1ccc(Cl)cc1)c1nccn1C. The summed E-state index contributed by atoms with van der Waals surface area (Å²) in [6.45, 7) is 2.32. The highest BCUT2D eigenvalue weighted by atomic mass is 35.5. The van der Waals surface area contributed by atoms with Crippen LogP contribution in [0.5, 0.6) is 0 Å². The molecule has 0 radical (unpaired) electrons. The summed E-state index contributed by atoms with van der Waals surface area (Å²) in [5.74, 6) is 0.738. The third-order valence-corrected chi connectivity index (χ3v) is 3.64. The number of hydrogen-bond donors (Lipinski definition) is 2. The molecule has 0 aliphatic heterocycles. The number of carbonyl (C=O) groups is 1. The van der Waals surface area contributed by atoms with Crippen LogP contribution in [0.25, 0.3) is 0 Å². The number of urea groups is 1. The maximum Gasteiger partial charge on any atom is 0.315 e. The van der Waals surface area contributed by atoms with E-state index in [1.165, 1.54) is 0 Å². The number of aryl methyl sites for hydroxylation is 1. The molecule has 1 aromatic heterocycles. The van der Waals surface area contributed by atoms with Crippen molar-refractivity contribution in [1.82, 2.24) is 20.2 Å². The Balaban J connectivity index is 2.19. The van der Waals surface area contributed by atoms with E-state index < -0.39 is 0 Å². The summed E-state index contributed by atoms with van der Waals surface area (Å²) in [6, 6.07) is 6.59. The molecule has 2 N–H and O–H groups in total. The van der Waals surface area contributed by atoms with Gasteiger partial charge in [0.25, 0.3) is 0 Å². The van der Waals surface area contributed by atoms with Crippen molar-refractivity contribution in [1.29, 1.82) is 0 Å². The van der Waals surface area contributed by atoms with E-state index in [2.05, 4.69) is 15.6 Å². The highest BCUT2D eigenvalue weighted by Gasteiger charge is 2.21. The van der Waals surface area contributed by atoms with Gasteiger partial charge in [-0.25, -0.2) is 9.78 Å². The van der Waals surface area contributed by atoms with Crippen LogP contribution in [0.1, 0.15) is 24.4 Å². The Morgan fingerprint density at radius 3 is 2.61 bits per heavy atom. The van der Waals surface area contributed by atoms with Gasteiger partial charge >= 0.3 is 6.03 Å². The minimum atomic E-state index is -0.373. The average Bonchev–Trinajstić information content (AvgIpc) is 2.92. The number of ether oxygens (including phenoxy) is 1. The van der Waals surface area contributed by atoms with Crippen LogP contribution in [0.3, 0.4) is 0 Å². The molecule has 0 saturated heterocycles. The summed E-state index contributed by atoms with van der Waals surface area (Å²) in [6.07, 6.45) is 3.54. The van der Waals surface area contributed by atoms with Crippen LogP contribution in [0.15, 0.2) is 36.7 Å². The Hall–Kier alpha value is -2.05. The zero-order chi connectivity index (χ0) is 16.8. The van der Waals surface area contributed by atoms with Crippen molar-refractivity contribution in [3.8, 4) is 0 Å². The van der Waals surface area contributed by atoms with Gasteiger partial charge in [0, 0.05) is 31.6 Å². The van der Waals surface area contributed by atoms with Crippen molar-refractivity contribution in [2.45, 2.75) is 19.0 Å². The number of hydrogen-bond acceptors (Lipinski definition) is 3. The summed E-state index contributed by atoms with van der Waals surface area (Å²) < 4.78 is 6.90. The van der Waals surface area contributed by atoms with Gasteiger partial charge in [-0.2, -0.15) is 0 Å². The second-order valence-corrected chi connectivity index (χ2v) is 5.79. The minimum absolute atomic E-state index is 0.0905. The first-order valence-corrected chi connectivity index (χ1v) is 7.67. The summed E-state index contributed by atoms with van der Waals surface area (Å²) in [7, 11) is 3.48. The second-order valence-electron chi connectivity index (χ2n) is 5.36. The van der Waals surface area contributed by atoms with E-state index in [0.717, 1.165) is 11.4 Å². The second kappa shape index (κ2) is 7.99. The van der Waals surface area contributed by atoms with Crippen molar-refractivity contribution in [3.05, 3.63) is 53.1 Å². The fourth-order valence-corrected chi connectivity index (χ4v) is 2.42. The standard InChI is InChI=1S/C16H21ClN4O2/c1-11(10-23-3)19-16(22)20-14(15-18-8-9-21(15)2)12-4-6-13(17)7-5-12/h4-9,11,14H,10H2,1-3H3,(H2,19,20,22)/t11-,14-/m1/s1. The van der Waals surface area contributed by atoms with Crippen LogP contribution < -0.4 is 10.6 Å². The van der Waals surface area contributed by atoms with E-state index in [9.17, 15) is 4.79 Å².